The maximum Gasteiger partial charge on any atom is 0.242 e. The van der Waals surface area contributed by atoms with Crippen LogP contribution in [0, 0.1) is 17.1 Å². The fraction of sp³-hybridized carbons (Fsp3) is 0.364. The van der Waals surface area contributed by atoms with Crippen LogP contribution in [0.4, 0.5) is 4.39 Å². The molecule has 7 heteroatoms. The summed E-state index contributed by atoms with van der Waals surface area (Å²) in [6, 6.07) is 4.83. The summed E-state index contributed by atoms with van der Waals surface area (Å²) in [6.07, 6.45) is 0.669. The zero-order valence-electron chi connectivity index (χ0n) is 9.73. The van der Waals surface area contributed by atoms with Crippen molar-refractivity contribution in [1.29, 1.82) is 5.26 Å². The molecule has 0 N–H and O–H groups in total. The molecule has 1 aromatic carbocycles. The zero-order valence-corrected chi connectivity index (χ0v) is 12.1. The molecule has 0 saturated heterocycles. The average Bonchev–Trinajstić information content (AvgIpc) is 2.36. The molecule has 0 radical (unpaired) electrons. The van der Waals surface area contributed by atoms with Crippen LogP contribution < -0.4 is 0 Å². The fourth-order valence-corrected chi connectivity index (χ4v) is 2.82. The van der Waals surface area contributed by atoms with Crippen LogP contribution >= 0.6 is 15.9 Å². The standard InChI is InChI=1S/C11H12BrFN2O2S/c1-15(6-2-5-12)18(16,17)10-3-4-11(13)9(7-10)8-14/h3-4,7H,2,5-6H2,1H3. The third-order valence-electron chi connectivity index (χ3n) is 2.37. The van der Waals surface area contributed by atoms with Crippen molar-refractivity contribution in [3.8, 4) is 6.07 Å². The highest BCUT2D eigenvalue weighted by Gasteiger charge is 2.21. The molecular formula is C11H12BrFN2O2S. The largest absolute Gasteiger partial charge is 0.242 e. The van der Waals surface area contributed by atoms with Gasteiger partial charge < -0.3 is 0 Å². The van der Waals surface area contributed by atoms with E-state index < -0.39 is 15.8 Å². The van der Waals surface area contributed by atoms with E-state index in [4.69, 9.17) is 5.26 Å². The second kappa shape index (κ2) is 6.27. The number of halogens is 2. The van der Waals surface area contributed by atoms with Crippen molar-refractivity contribution in [2.75, 3.05) is 18.9 Å². The van der Waals surface area contributed by atoms with Crippen LogP contribution in [0.1, 0.15) is 12.0 Å². The number of nitrogens with zero attached hydrogens (tertiary/aromatic N) is 2. The van der Waals surface area contributed by atoms with Crippen molar-refractivity contribution in [3.05, 3.63) is 29.6 Å². The molecule has 0 amide bonds. The first-order valence-electron chi connectivity index (χ1n) is 5.15. The normalized spacial score (nSPS) is 11.5. The minimum absolute atomic E-state index is 0.0717. The first-order valence-corrected chi connectivity index (χ1v) is 7.71. The van der Waals surface area contributed by atoms with Gasteiger partial charge in [0.1, 0.15) is 11.9 Å². The summed E-state index contributed by atoms with van der Waals surface area (Å²) in [7, 11) is -2.21. The van der Waals surface area contributed by atoms with Crippen LogP contribution in [0.3, 0.4) is 0 Å². The van der Waals surface area contributed by atoms with E-state index in [0.29, 0.717) is 18.3 Å². The lowest BCUT2D eigenvalue weighted by molar-refractivity contribution is 0.470. The van der Waals surface area contributed by atoms with Crippen LogP contribution in [-0.4, -0.2) is 31.6 Å². The van der Waals surface area contributed by atoms with Gasteiger partial charge in [0.15, 0.2) is 0 Å². The third kappa shape index (κ3) is 3.28. The van der Waals surface area contributed by atoms with Crippen LogP contribution in [0.25, 0.3) is 0 Å². The molecule has 0 saturated carbocycles. The van der Waals surface area contributed by atoms with Crippen molar-refractivity contribution in [3.63, 3.8) is 0 Å². The first kappa shape index (κ1) is 15.1. The highest BCUT2D eigenvalue weighted by molar-refractivity contribution is 9.09. The molecule has 18 heavy (non-hydrogen) atoms. The Kier molecular flexibility index (Phi) is 5.26. The van der Waals surface area contributed by atoms with Gasteiger partial charge in [0.25, 0.3) is 0 Å². The molecule has 0 atom stereocenters. The highest BCUT2D eigenvalue weighted by Crippen LogP contribution is 2.18. The van der Waals surface area contributed by atoms with E-state index in [1.807, 2.05) is 0 Å². The first-order chi connectivity index (χ1) is 8.43. The number of rotatable bonds is 5. The predicted octanol–water partition coefficient (Wildman–Crippen LogP) is 2.10. The minimum Gasteiger partial charge on any atom is -0.207 e. The number of hydrogen-bond acceptors (Lipinski definition) is 3. The van der Waals surface area contributed by atoms with Gasteiger partial charge in [-0.3, -0.25) is 0 Å². The molecule has 1 rings (SSSR count). The third-order valence-corrected chi connectivity index (χ3v) is 4.79. The molecule has 0 heterocycles. The lowest BCUT2D eigenvalue weighted by Gasteiger charge is -2.16. The van der Waals surface area contributed by atoms with Gasteiger partial charge in [-0.15, -0.1) is 0 Å². The van der Waals surface area contributed by atoms with Crippen molar-refractivity contribution in [1.82, 2.24) is 4.31 Å². The molecule has 0 spiro atoms. The second-order valence-electron chi connectivity index (χ2n) is 3.62. The van der Waals surface area contributed by atoms with Gasteiger partial charge in [0.2, 0.25) is 10.0 Å². The second-order valence-corrected chi connectivity index (χ2v) is 6.46. The van der Waals surface area contributed by atoms with Gasteiger partial charge in [0, 0.05) is 18.9 Å². The average molecular weight is 335 g/mol. The molecule has 0 unspecified atom stereocenters. The fourth-order valence-electron chi connectivity index (χ4n) is 1.33. The van der Waals surface area contributed by atoms with Crippen LogP contribution in [0.15, 0.2) is 23.1 Å². The summed E-state index contributed by atoms with van der Waals surface area (Å²) >= 11 is 3.22. The summed E-state index contributed by atoms with van der Waals surface area (Å²) in [6.45, 7) is 0.354. The van der Waals surface area contributed by atoms with Crippen molar-refractivity contribution >= 4 is 26.0 Å². The van der Waals surface area contributed by atoms with Crippen LogP contribution in [0.5, 0.6) is 0 Å². The quantitative estimate of drug-likeness (QED) is 0.774. The number of alkyl halides is 1. The van der Waals surface area contributed by atoms with E-state index in [0.717, 1.165) is 18.2 Å². The van der Waals surface area contributed by atoms with Gasteiger partial charge in [-0.1, -0.05) is 15.9 Å². The minimum atomic E-state index is -3.67. The topological polar surface area (TPSA) is 61.2 Å². The number of benzene rings is 1. The van der Waals surface area contributed by atoms with E-state index in [1.54, 1.807) is 6.07 Å². The number of nitriles is 1. The highest BCUT2D eigenvalue weighted by atomic mass is 79.9. The summed E-state index contributed by atoms with van der Waals surface area (Å²) < 4.78 is 38.5. The molecule has 0 aromatic heterocycles. The van der Waals surface area contributed by atoms with Gasteiger partial charge in [-0.05, 0) is 24.6 Å². The van der Waals surface area contributed by atoms with E-state index in [1.165, 1.54) is 11.4 Å². The van der Waals surface area contributed by atoms with Crippen LogP contribution in [-0.2, 0) is 10.0 Å². The lowest BCUT2D eigenvalue weighted by atomic mass is 10.2. The van der Waals surface area contributed by atoms with Gasteiger partial charge in [0.05, 0.1) is 10.5 Å². The van der Waals surface area contributed by atoms with Gasteiger partial charge >= 0.3 is 0 Å². The number of sulfonamides is 1. The van der Waals surface area contributed by atoms with Crippen molar-refractivity contribution in [2.24, 2.45) is 0 Å². The van der Waals surface area contributed by atoms with Crippen molar-refractivity contribution in [2.45, 2.75) is 11.3 Å². The summed E-state index contributed by atoms with van der Waals surface area (Å²) in [5.41, 5.74) is -0.273. The zero-order chi connectivity index (χ0) is 13.8. The summed E-state index contributed by atoms with van der Waals surface area (Å²) in [5.74, 6) is -0.723. The molecule has 98 valence electrons. The SMILES string of the molecule is CN(CCCBr)S(=O)(=O)c1ccc(F)c(C#N)c1. The van der Waals surface area contributed by atoms with E-state index in [2.05, 4.69) is 15.9 Å². The Balaban J connectivity index is 3.10. The Morgan fingerprint density at radius 3 is 2.72 bits per heavy atom. The molecular weight excluding hydrogens is 323 g/mol. The van der Waals surface area contributed by atoms with Crippen LogP contribution in [0.2, 0.25) is 0 Å². The Labute approximate surface area is 114 Å². The lowest BCUT2D eigenvalue weighted by Crippen LogP contribution is -2.28. The molecule has 4 nitrogen and oxygen atoms in total. The Bertz CT molecular complexity index is 569. The molecule has 0 fully saturated rings. The van der Waals surface area contributed by atoms with Gasteiger partial charge in [-0.2, -0.15) is 5.26 Å². The molecule has 0 aliphatic rings. The molecule has 0 aliphatic heterocycles. The van der Waals surface area contributed by atoms with E-state index in [-0.39, 0.29) is 10.5 Å². The Morgan fingerprint density at radius 2 is 2.17 bits per heavy atom. The molecule has 0 aliphatic carbocycles. The van der Waals surface area contributed by atoms with E-state index in [9.17, 15) is 12.8 Å². The summed E-state index contributed by atoms with van der Waals surface area (Å²) in [4.78, 5) is -0.0717. The molecule has 1 aromatic rings. The monoisotopic (exact) mass is 334 g/mol. The maximum absolute atomic E-state index is 13.1. The van der Waals surface area contributed by atoms with Crippen molar-refractivity contribution < 1.29 is 12.8 Å². The number of hydrogen-bond donors (Lipinski definition) is 0. The Hall–Kier alpha value is -0.970. The smallest absolute Gasteiger partial charge is 0.207 e. The summed E-state index contributed by atoms with van der Waals surface area (Å²) in [5, 5.41) is 9.38. The Morgan fingerprint density at radius 1 is 1.50 bits per heavy atom. The van der Waals surface area contributed by atoms with E-state index >= 15 is 0 Å². The van der Waals surface area contributed by atoms with Gasteiger partial charge in [-0.25, -0.2) is 17.1 Å². The predicted molar refractivity (Wildman–Crippen MR) is 69.3 cm³/mol. The molecule has 0 bridgehead atoms. The maximum atomic E-state index is 13.1.